The summed E-state index contributed by atoms with van der Waals surface area (Å²) in [4.78, 5) is 14.5. The molecular weight excluding hydrogens is 308 g/mol. The maximum absolute atomic E-state index is 12.3. The van der Waals surface area contributed by atoms with E-state index in [-0.39, 0.29) is 11.9 Å². The van der Waals surface area contributed by atoms with Crippen molar-refractivity contribution in [1.82, 2.24) is 9.62 Å². The van der Waals surface area contributed by atoms with E-state index < -0.39 is 10.0 Å². The van der Waals surface area contributed by atoms with Crippen LogP contribution in [0.5, 0.6) is 0 Å². The zero-order valence-corrected chi connectivity index (χ0v) is 14.1. The van der Waals surface area contributed by atoms with Gasteiger partial charge in [-0.25, -0.2) is 13.1 Å². The Morgan fingerprint density at radius 2 is 2.00 bits per heavy atom. The van der Waals surface area contributed by atoms with Crippen LogP contribution in [0.1, 0.15) is 38.0 Å². The standard InChI is InChI=1S/C14H22N2O3S2/c1-3-12-5-6-14(20-12)21(18,19)15-11-7-9-16(10-8-11)13(17)4-2/h5-6,11,15H,3-4,7-10H2,1-2H3. The highest BCUT2D eigenvalue weighted by molar-refractivity contribution is 7.91. The number of carbonyl (C=O) groups is 1. The molecule has 2 rings (SSSR count). The molecule has 1 aliphatic rings. The Morgan fingerprint density at radius 3 is 2.52 bits per heavy atom. The highest BCUT2D eigenvalue weighted by Crippen LogP contribution is 2.23. The van der Waals surface area contributed by atoms with Crippen LogP contribution >= 0.6 is 11.3 Å². The number of amides is 1. The average molecular weight is 330 g/mol. The lowest BCUT2D eigenvalue weighted by atomic mass is 10.1. The summed E-state index contributed by atoms with van der Waals surface area (Å²) in [5.74, 6) is 0.141. The summed E-state index contributed by atoms with van der Waals surface area (Å²) in [6.07, 6.45) is 2.71. The Morgan fingerprint density at radius 1 is 1.33 bits per heavy atom. The van der Waals surface area contributed by atoms with Gasteiger partial charge in [-0.2, -0.15) is 0 Å². The van der Waals surface area contributed by atoms with Crippen LogP contribution in [-0.4, -0.2) is 38.4 Å². The quantitative estimate of drug-likeness (QED) is 0.898. The van der Waals surface area contributed by atoms with Crippen LogP contribution in [0, 0.1) is 0 Å². The monoisotopic (exact) mass is 330 g/mol. The molecule has 0 unspecified atom stereocenters. The third-order valence-electron chi connectivity index (χ3n) is 3.72. The van der Waals surface area contributed by atoms with Crippen molar-refractivity contribution in [3.63, 3.8) is 0 Å². The Kier molecular flexibility index (Phi) is 5.40. The van der Waals surface area contributed by atoms with Gasteiger partial charge >= 0.3 is 0 Å². The molecule has 0 spiro atoms. The second-order valence-corrected chi connectivity index (χ2v) is 8.31. The molecule has 0 radical (unpaired) electrons. The number of nitrogens with one attached hydrogen (secondary N) is 1. The van der Waals surface area contributed by atoms with Crippen LogP contribution in [0.2, 0.25) is 0 Å². The molecule has 0 bridgehead atoms. The molecule has 118 valence electrons. The summed E-state index contributed by atoms with van der Waals surface area (Å²) in [7, 11) is -3.43. The Labute approximate surface area is 130 Å². The van der Waals surface area contributed by atoms with Gasteiger partial charge in [0.25, 0.3) is 0 Å². The van der Waals surface area contributed by atoms with Gasteiger partial charge in [-0.3, -0.25) is 4.79 Å². The number of aryl methyl sites for hydroxylation is 1. The number of sulfonamides is 1. The van der Waals surface area contributed by atoms with Crippen molar-refractivity contribution in [1.29, 1.82) is 0 Å². The second kappa shape index (κ2) is 6.89. The van der Waals surface area contributed by atoms with E-state index in [9.17, 15) is 13.2 Å². The van der Waals surface area contributed by atoms with E-state index in [0.29, 0.717) is 36.6 Å². The van der Waals surface area contributed by atoms with Crippen LogP contribution < -0.4 is 4.72 Å². The van der Waals surface area contributed by atoms with Gasteiger partial charge in [0.2, 0.25) is 15.9 Å². The topological polar surface area (TPSA) is 66.5 Å². The zero-order chi connectivity index (χ0) is 15.5. The molecule has 1 aliphatic heterocycles. The Balaban J connectivity index is 1.94. The SMILES string of the molecule is CCC(=O)N1CCC(NS(=O)(=O)c2ccc(CC)s2)CC1. The highest BCUT2D eigenvalue weighted by atomic mass is 32.2. The Bertz CT molecular complexity index is 587. The lowest BCUT2D eigenvalue weighted by Crippen LogP contribution is -2.46. The fraction of sp³-hybridized carbons (Fsp3) is 0.643. The minimum atomic E-state index is -3.43. The highest BCUT2D eigenvalue weighted by Gasteiger charge is 2.26. The number of hydrogen-bond donors (Lipinski definition) is 1. The number of piperidine rings is 1. The number of likely N-dealkylation sites (tertiary alicyclic amines) is 1. The first-order valence-electron chi connectivity index (χ1n) is 7.35. The third-order valence-corrected chi connectivity index (χ3v) is 6.96. The molecule has 1 fully saturated rings. The first-order valence-corrected chi connectivity index (χ1v) is 9.65. The van der Waals surface area contributed by atoms with E-state index in [2.05, 4.69) is 4.72 Å². The molecule has 0 aromatic carbocycles. The molecule has 1 amide bonds. The molecule has 7 heteroatoms. The predicted molar refractivity (Wildman–Crippen MR) is 83.9 cm³/mol. The van der Waals surface area contributed by atoms with Crippen LogP contribution in [0.25, 0.3) is 0 Å². The zero-order valence-electron chi connectivity index (χ0n) is 12.5. The van der Waals surface area contributed by atoms with Crippen molar-refractivity contribution in [3.8, 4) is 0 Å². The fourth-order valence-electron chi connectivity index (χ4n) is 2.44. The molecule has 1 aromatic heterocycles. The van der Waals surface area contributed by atoms with Crippen molar-refractivity contribution in [2.24, 2.45) is 0 Å². The molecular formula is C14H22N2O3S2. The van der Waals surface area contributed by atoms with E-state index in [1.54, 1.807) is 6.07 Å². The molecule has 0 saturated carbocycles. The molecule has 2 heterocycles. The number of rotatable bonds is 5. The minimum Gasteiger partial charge on any atom is -0.343 e. The Hall–Kier alpha value is -0.920. The van der Waals surface area contributed by atoms with Crippen LogP contribution in [0.15, 0.2) is 16.3 Å². The van der Waals surface area contributed by atoms with Crippen LogP contribution in [-0.2, 0) is 21.2 Å². The largest absolute Gasteiger partial charge is 0.343 e. The predicted octanol–water partition coefficient (Wildman–Crippen LogP) is 1.99. The van der Waals surface area contributed by atoms with Gasteiger partial charge < -0.3 is 4.90 Å². The van der Waals surface area contributed by atoms with Crippen molar-refractivity contribution < 1.29 is 13.2 Å². The van der Waals surface area contributed by atoms with E-state index >= 15 is 0 Å². The number of thiophene rings is 1. The maximum atomic E-state index is 12.3. The fourth-order valence-corrected chi connectivity index (χ4v) is 5.06. The number of nitrogens with zero attached hydrogens (tertiary/aromatic N) is 1. The number of hydrogen-bond acceptors (Lipinski definition) is 4. The smallest absolute Gasteiger partial charge is 0.250 e. The van der Waals surface area contributed by atoms with Gasteiger partial charge in [-0.1, -0.05) is 13.8 Å². The molecule has 1 saturated heterocycles. The lowest BCUT2D eigenvalue weighted by molar-refractivity contribution is -0.131. The van der Waals surface area contributed by atoms with Crippen molar-refractivity contribution in [3.05, 3.63) is 17.0 Å². The summed E-state index contributed by atoms with van der Waals surface area (Å²) in [5, 5.41) is 0. The van der Waals surface area contributed by atoms with Gasteiger partial charge in [-0.15, -0.1) is 11.3 Å². The molecule has 5 nitrogen and oxygen atoms in total. The summed E-state index contributed by atoms with van der Waals surface area (Å²) < 4.78 is 27.8. The summed E-state index contributed by atoms with van der Waals surface area (Å²) in [5.41, 5.74) is 0. The molecule has 0 atom stereocenters. The van der Waals surface area contributed by atoms with Gasteiger partial charge in [0, 0.05) is 30.4 Å². The first-order chi connectivity index (χ1) is 9.96. The van der Waals surface area contributed by atoms with E-state index in [1.165, 1.54) is 11.3 Å². The van der Waals surface area contributed by atoms with E-state index in [0.717, 1.165) is 11.3 Å². The molecule has 1 aromatic rings. The molecule has 0 aliphatic carbocycles. The summed E-state index contributed by atoms with van der Waals surface area (Å²) in [6.45, 7) is 5.12. The average Bonchev–Trinajstić information content (AvgIpc) is 2.96. The molecule has 21 heavy (non-hydrogen) atoms. The van der Waals surface area contributed by atoms with Crippen molar-refractivity contribution in [2.75, 3.05) is 13.1 Å². The van der Waals surface area contributed by atoms with E-state index in [1.807, 2.05) is 24.8 Å². The third kappa shape index (κ3) is 4.05. The van der Waals surface area contributed by atoms with Crippen LogP contribution in [0.3, 0.4) is 0 Å². The van der Waals surface area contributed by atoms with Gasteiger partial charge in [0.05, 0.1) is 0 Å². The van der Waals surface area contributed by atoms with Crippen molar-refractivity contribution >= 4 is 27.3 Å². The minimum absolute atomic E-state index is 0.0805. The molecule has 1 N–H and O–H groups in total. The van der Waals surface area contributed by atoms with Crippen LogP contribution in [0.4, 0.5) is 0 Å². The van der Waals surface area contributed by atoms with E-state index in [4.69, 9.17) is 0 Å². The maximum Gasteiger partial charge on any atom is 0.250 e. The first kappa shape index (κ1) is 16.5. The van der Waals surface area contributed by atoms with Crippen molar-refractivity contribution in [2.45, 2.75) is 49.8 Å². The van der Waals surface area contributed by atoms with Gasteiger partial charge in [0.15, 0.2) is 0 Å². The normalized spacial score (nSPS) is 17.1. The lowest BCUT2D eigenvalue weighted by Gasteiger charge is -2.32. The summed E-state index contributed by atoms with van der Waals surface area (Å²) in [6, 6.07) is 3.45. The summed E-state index contributed by atoms with van der Waals surface area (Å²) >= 11 is 1.32. The van der Waals surface area contributed by atoms with Gasteiger partial charge in [-0.05, 0) is 31.4 Å². The second-order valence-electron chi connectivity index (χ2n) is 5.20. The van der Waals surface area contributed by atoms with Gasteiger partial charge in [0.1, 0.15) is 4.21 Å². The number of carbonyl (C=O) groups excluding carboxylic acids is 1.